The highest BCUT2D eigenvalue weighted by atomic mass is 32.2. The molecule has 0 atom stereocenters. The molecule has 0 spiro atoms. The zero-order valence-corrected chi connectivity index (χ0v) is 15.9. The van der Waals surface area contributed by atoms with Gasteiger partial charge >= 0.3 is 0 Å². The monoisotopic (exact) mass is 367 g/mol. The Morgan fingerprint density at radius 3 is 2.65 bits per heavy atom. The van der Waals surface area contributed by atoms with Gasteiger partial charge in [0.2, 0.25) is 11.1 Å². The number of thioether (sulfide) groups is 1. The molecule has 0 bridgehead atoms. The van der Waals surface area contributed by atoms with Crippen LogP contribution in [0.4, 0.5) is 0 Å². The number of tetrazole rings is 1. The van der Waals surface area contributed by atoms with Crippen molar-refractivity contribution in [3.63, 3.8) is 0 Å². The minimum Gasteiger partial charge on any atom is -0.351 e. The van der Waals surface area contributed by atoms with Gasteiger partial charge in [-0.25, -0.2) is 0 Å². The molecule has 26 heavy (non-hydrogen) atoms. The number of aryl methyl sites for hydroxylation is 2. The van der Waals surface area contributed by atoms with E-state index in [9.17, 15) is 4.79 Å². The SMILES string of the molecule is Cc1ccc(CNC(=O)CSc2nnnn2-c2cccc(C)c2C)cc1. The highest BCUT2D eigenvalue weighted by molar-refractivity contribution is 7.99. The van der Waals surface area contributed by atoms with Gasteiger partial charge in [-0.15, -0.1) is 5.10 Å². The maximum absolute atomic E-state index is 12.1. The maximum Gasteiger partial charge on any atom is 0.230 e. The summed E-state index contributed by atoms with van der Waals surface area (Å²) in [4.78, 5) is 12.1. The zero-order chi connectivity index (χ0) is 18.5. The summed E-state index contributed by atoms with van der Waals surface area (Å²) in [6.45, 7) is 6.64. The molecule has 0 unspecified atom stereocenters. The number of hydrogen-bond donors (Lipinski definition) is 1. The summed E-state index contributed by atoms with van der Waals surface area (Å²) in [7, 11) is 0. The lowest BCUT2D eigenvalue weighted by Gasteiger charge is -2.09. The van der Waals surface area contributed by atoms with Gasteiger partial charge in [0.25, 0.3) is 0 Å². The van der Waals surface area contributed by atoms with Crippen LogP contribution in [0.3, 0.4) is 0 Å². The fourth-order valence-electron chi connectivity index (χ4n) is 2.47. The van der Waals surface area contributed by atoms with E-state index in [2.05, 4.69) is 33.8 Å². The van der Waals surface area contributed by atoms with Crippen molar-refractivity contribution in [1.82, 2.24) is 25.5 Å². The second-order valence-electron chi connectivity index (χ2n) is 6.14. The van der Waals surface area contributed by atoms with Crippen LogP contribution in [0.15, 0.2) is 47.6 Å². The van der Waals surface area contributed by atoms with Crippen LogP contribution in [0.1, 0.15) is 22.3 Å². The van der Waals surface area contributed by atoms with Crippen LogP contribution < -0.4 is 5.32 Å². The minimum absolute atomic E-state index is 0.0499. The average Bonchev–Trinajstić information content (AvgIpc) is 3.10. The number of amides is 1. The minimum atomic E-state index is -0.0499. The molecule has 3 rings (SSSR count). The maximum atomic E-state index is 12.1. The van der Waals surface area contributed by atoms with Crippen molar-refractivity contribution in [3.8, 4) is 5.69 Å². The van der Waals surface area contributed by atoms with Crippen LogP contribution >= 0.6 is 11.8 Å². The predicted molar refractivity (Wildman–Crippen MR) is 102 cm³/mol. The number of nitrogens with one attached hydrogen (secondary N) is 1. The lowest BCUT2D eigenvalue weighted by Crippen LogP contribution is -2.24. The number of rotatable bonds is 6. The summed E-state index contributed by atoms with van der Waals surface area (Å²) < 4.78 is 1.68. The largest absolute Gasteiger partial charge is 0.351 e. The molecule has 0 saturated heterocycles. The first-order valence-corrected chi connectivity index (χ1v) is 9.33. The van der Waals surface area contributed by atoms with Gasteiger partial charge in [0.05, 0.1) is 11.4 Å². The Hall–Kier alpha value is -2.67. The zero-order valence-electron chi connectivity index (χ0n) is 15.1. The van der Waals surface area contributed by atoms with Crippen molar-refractivity contribution < 1.29 is 4.79 Å². The molecule has 1 heterocycles. The number of aromatic nitrogens is 4. The van der Waals surface area contributed by atoms with Crippen LogP contribution in [-0.2, 0) is 11.3 Å². The van der Waals surface area contributed by atoms with E-state index in [1.165, 1.54) is 22.9 Å². The molecule has 0 fully saturated rings. The van der Waals surface area contributed by atoms with Gasteiger partial charge in [0.1, 0.15) is 0 Å². The lowest BCUT2D eigenvalue weighted by atomic mass is 10.1. The van der Waals surface area contributed by atoms with Crippen LogP contribution in [0, 0.1) is 20.8 Å². The predicted octanol–water partition coefficient (Wildman–Crippen LogP) is 3.00. The Morgan fingerprint density at radius 1 is 1.12 bits per heavy atom. The molecule has 0 radical (unpaired) electrons. The molecule has 0 aliphatic carbocycles. The highest BCUT2D eigenvalue weighted by Gasteiger charge is 2.13. The quantitative estimate of drug-likeness (QED) is 0.678. The fourth-order valence-corrected chi connectivity index (χ4v) is 3.19. The second-order valence-corrected chi connectivity index (χ2v) is 7.09. The molecule has 2 aromatic carbocycles. The molecule has 1 amide bonds. The summed E-state index contributed by atoms with van der Waals surface area (Å²) in [5.41, 5.74) is 5.50. The van der Waals surface area contributed by atoms with E-state index in [0.717, 1.165) is 16.8 Å². The van der Waals surface area contributed by atoms with E-state index in [4.69, 9.17) is 0 Å². The topological polar surface area (TPSA) is 72.7 Å². The van der Waals surface area contributed by atoms with Crippen molar-refractivity contribution in [3.05, 3.63) is 64.7 Å². The summed E-state index contributed by atoms with van der Waals surface area (Å²) >= 11 is 1.32. The van der Waals surface area contributed by atoms with Gasteiger partial charge in [0.15, 0.2) is 0 Å². The fraction of sp³-hybridized carbons (Fsp3) is 0.263. The van der Waals surface area contributed by atoms with Gasteiger partial charge in [0, 0.05) is 6.54 Å². The molecule has 134 valence electrons. The number of nitrogens with zero attached hydrogens (tertiary/aromatic N) is 4. The van der Waals surface area contributed by atoms with E-state index in [-0.39, 0.29) is 11.7 Å². The first-order valence-electron chi connectivity index (χ1n) is 8.34. The Morgan fingerprint density at radius 2 is 1.88 bits per heavy atom. The smallest absolute Gasteiger partial charge is 0.230 e. The Balaban J connectivity index is 1.60. The van der Waals surface area contributed by atoms with E-state index in [1.54, 1.807) is 4.68 Å². The van der Waals surface area contributed by atoms with E-state index in [0.29, 0.717) is 11.7 Å². The van der Waals surface area contributed by atoms with Gasteiger partial charge in [-0.3, -0.25) is 4.79 Å². The molecule has 6 nitrogen and oxygen atoms in total. The third-order valence-electron chi connectivity index (χ3n) is 4.19. The van der Waals surface area contributed by atoms with E-state index >= 15 is 0 Å². The van der Waals surface area contributed by atoms with Crippen LogP contribution in [0.2, 0.25) is 0 Å². The molecule has 0 aliphatic heterocycles. The van der Waals surface area contributed by atoms with Crippen molar-refractivity contribution in [2.75, 3.05) is 5.75 Å². The first-order chi connectivity index (χ1) is 12.5. The third kappa shape index (κ3) is 4.29. The molecular formula is C19H21N5OS. The molecular weight excluding hydrogens is 346 g/mol. The molecule has 3 aromatic rings. The number of hydrogen-bond acceptors (Lipinski definition) is 5. The third-order valence-corrected chi connectivity index (χ3v) is 5.11. The van der Waals surface area contributed by atoms with Crippen molar-refractivity contribution in [1.29, 1.82) is 0 Å². The number of carbonyl (C=O) groups excluding carboxylic acids is 1. The molecule has 1 N–H and O–H groups in total. The van der Waals surface area contributed by atoms with Gasteiger partial charge in [-0.1, -0.05) is 53.7 Å². The summed E-state index contributed by atoms with van der Waals surface area (Å²) in [6, 6.07) is 14.1. The van der Waals surface area contributed by atoms with Gasteiger partial charge in [-0.05, 0) is 54.0 Å². The van der Waals surface area contributed by atoms with Gasteiger partial charge < -0.3 is 5.32 Å². The van der Waals surface area contributed by atoms with Crippen molar-refractivity contribution >= 4 is 17.7 Å². The Labute approximate surface area is 157 Å². The molecule has 7 heteroatoms. The van der Waals surface area contributed by atoms with Crippen LogP contribution in [-0.4, -0.2) is 31.9 Å². The standard InChI is InChI=1S/C19H21N5OS/c1-13-7-9-16(10-8-13)11-20-18(25)12-26-19-21-22-23-24(19)17-6-4-5-14(2)15(17)3/h4-10H,11-12H2,1-3H3,(H,20,25). The number of benzene rings is 2. The van der Waals surface area contributed by atoms with Crippen LogP contribution in [0.25, 0.3) is 5.69 Å². The number of carbonyl (C=O) groups is 1. The molecule has 1 aromatic heterocycles. The lowest BCUT2D eigenvalue weighted by molar-refractivity contribution is -0.118. The normalized spacial score (nSPS) is 10.7. The van der Waals surface area contributed by atoms with E-state index in [1.807, 2.05) is 50.2 Å². The van der Waals surface area contributed by atoms with Crippen molar-refractivity contribution in [2.45, 2.75) is 32.5 Å². The van der Waals surface area contributed by atoms with E-state index < -0.39 is 0 Å². The van der Waals surface area contributed by atoms with Crippen LogP contribution in [0.5, 0.6) is 0 Å². The van der Waals surface area contributed by atoms with Crippen molar-refractivity contribution in [2.24, 2.45) is 0 Å². The summed E-state index contributed by atoms with van der Waals surface area (Å²) in [5.74, 6) is 0.211. The summed E-state index contributed by atoms with van der Waals surface area (Å²) in [6.07, 6.45) is 0. The first kappa shape index (κ1) is 18.1. The summed E-state index contributed by atoms with van der Waals surface area (Å²) in [5, 5.41) is 15.4. The van der Waals surface area contributed by atoms with Gasteiger partial charge in [-0.2, -0.15) is 4.68 Å². The molecule has 0 saturated carbocycles. The Bertz CT molecular complexity index is 905. The Kier molecular flexibility index (Phi) is 5.68. The second kappa shape index (κ2) is 8.14. The highest BCUT2D eigenvalue weighted by Crippen LogP contribution is 2.22. The average molecular weight is 367 g/mol. The molecule has 0 aliphatic rings.